The van der Waals surface area contributed by atoms with Crippen molar-refractivity contribution >= 4 is 17.0 Å². The summed E-state index contributed by atoms with van der Waals surface area (Å²) in [7, 11) is 0. The Morgan fingerprint density at radius 1 is 0.443 bits per heavy atom. The van der Waals surface area contributed by atoms with E-state index in [0.29, 0.717) is 0 Å². The van der Waals surface area contributed by atoms with E-state index >= 15 is 0 Å². The molecule has 0 bridgehead atoms. The van der Waals surface area contributed by atoms with E-state index in [9.17, 15) is 0 Å². The van der Waals surface area contributed by atoms with Crippen molar-refractivity contribution in [3.8, 4) is 50.2 Å². The lowest BCUT2D eigenvalue weighted by Gasteiger charge is -2.15. The molecule has 1 heterocycles. The Bertz CT molecular complexity index is 2910. The highest BCUT2D eigenvalue weighted by atomic mass is 15.0. The molecule has 0 atom stereocenters. The monoisotopic (exact) mass is 789 g/mol. The zero-order valence-corrected chi connectivity index (χ0v) is 36.2. The molecule has 9 aromatic rings. The lowest BCUT2D eigenvalue weighted by atomic mass is 9.95. The molecule has 0 saturated heterocycles. The van der Waals surface area contributed by atoms with Crippen molar-refractivity contribution in [2.75, 3.05) is 0 Å². The number of aryl methyl sites for hydroxylation is 4. The highest BCUT2D eigenvalue weighted by Gasteiger charge is 2.20. The maximum Gasteiger partial charge on any atom is 0.0538 e. The fourth-order valence-corrected chi connectivity index (χ4v) is 8.61. The summed E-state index contributed by atoms with van der Waals surface area (Å²) in [6.07, 6.45) is 7.73. The molecular formula is C60H55N. The van der Waals surface area contributed by atoms with Crippen LogP contribution in [0, 0.1) is 20.8 Å². The van der Waals surface area contributed by atoms with Gasteiger partial charge in [0, 0.05) is 16.8 Å². The summed E-state index contributed by atoms with van der Waals surface area (Å²) in [4.78, 5) is 0. The van der Waals surface area contributed by atoms with Crippen LogP contribution in [-0.2, 0) is 12.8 Å². The van der Waals surface area contributed by atoms with E-state index in [1.807, 2.05) is 19.9 Å². The number of nitrogens with zero attached hydrogens (tertiary/aromatic N) is 1. The van der Waals surface area contributed by atoms with E-state index in [-0.39, 0.29) is 0 Å². The number of hydrogen-bond donors (Lipinski definition) is 0. The summed E-state index contributed by atoms with van der Waals surface area (Å²) in [5.74, 6) is 0. The van der Waals surface area contributed by atoms with Crippen LogP contribution in [0.15, 0.2) is 200 Å². The summed E-state index contributed by atoms with van der Waals surface area (Å²) >= 11 is 0. The third kappa shape index (κ3) is 9.13. The van der Waals surface area contributed by atoms with Crippen LogP contribution in [0.1, 0.15) is 59.3 Å². The Hall–Kier alpha value is -6.96. The van der Waals surface area contributed by atoms with Crippen molar-refractivity contribution in [3.63, 3.8) is 0 Å². The van der Waals surface area contributed by atoms with Crippen LogP contribution in [0.4, 0.5) is 0 Å². The molecule has 10 rings (SSSR count). The van der Waals surface area contributed by atoms with E-state index in [1.165, 1.54) is 100 Å². The average molecular weight is 790 g/mol. The number of benzene rings is 8. The third-order valence-electron chi connectivity index (χ3n) is 11.7. The first-order valence-corrected chi connectivity index (χ1v) is 21.9. The first-order chi connectivity index (χ1) is 30.0. The van der Waals surface area contributed by atoms with Crippen molar-refractivity contribution in [1.82, 2.24) is 4.57 Å². The SMILES string of the molecule is CC.Cc1ccc(-c2ccccc2)cc1.Cc1ccccc1-c1ccc(-n2c3c(c4cc(-c5cccc(-c6cccc(Cc7ccccc7)c6)c5)ccc42)CCC=C3)cc1C. The molecule has 1 aliphatic rings. The molecule has 8 aromatic carbocycles. The highest BCUT2D eigenvalue weighted by molar-refractivity contribution is 5.94. The molecule has 61 heavy (non-hydrogen) atoms. The van der Waals surface area contributed by atoms with Crippen molar-refractivity contribution in [3.05, 3.63) is 239 Å². The lowest BCUT2D eigenvalue weighted by molar-refractivity contribution is 0.967. The summed E-state index contributed by atoms with van der Waals surface area (Å²) < 4.78 is 2.47. The van der Waals surface area contributed by atoms with Gasteiger partial charge in [0.2, 0.25) is 0 Å². The van der Waals surface area contributed by atoms with Gasteiger partial charge >= 0.3 is 0 Å². The van der Waals surface area contributed by atoms with E-state index in [4.69, 9.17) is 0 Å². The van der Waals surface area contributed by atoms with Gasteiger partial charge in [-0.3, -0.25) is 0 Å². The largest absolute Gasteiger partial charge is 0.310 e. The van der Waals surface area contributed by atoms with Crippen molar-refractivity contribution in [1.29, 1.82) is 0 Å². The van der Waals surface area contributed by atoms with Gasteiger partial charge in [0.15, 0.2) is 0 Å². The standard InChI is InChI=1S/C45H37N.C13H12.C2H6/c1-31-12-6-7-19-40(31)41-24-23-39(26-32(41)2)46-44-21-9-8-20-42(44)43-30-38(22-25-45(43)46)37-18-11-17-36(29-37)35-16-10-15-34(28-35)27-33-13-4-3-5-14-33;1-11-7-9-13(10-8-11)12-5-3-2-4-6-12;1-2/h3-7,9-19,21-26,28-30H,8,20,27H2,1-2H3;2-10H,1H3;1-2H3. The molecule has 0 unspecified atom stereocenters. The Balaban J connectivity index is 0.000000290. The molecule has 0 spiro atoms. The predicted octanol–water partition coefficient (Wildman–Crippen LogP) is 16.5. The fourth-order valence-electron chi connectivity index (χ4n) is 8.61. The smallest absolute Gasteiger partial charge is 0.0538 e. The second kappa shape index (κ2) is 19.0. The molecule has 0 N–H and O–H groups in total. The van der Waals surface area contributed by atoms with Crippen LogP contribution in [0.25, 0.3) is 67.2 Å². The van der Waals surface area contributed by atoms with Gasteiger partial charge in [-0.15, -0.1) is 0 Å². The van der Waals surface area contributed by atoms with Gasteiger partial charge in [0.05, 0.1) is 5.52 Å². The number of aromatic nitrogens is 1. The Labute approximate surface area is 363 Å². The van der Waals surface area contributed by atoms with Gasteiger partial charge in [-0.2, -0.15) is 0 Å². The van der Waals surface area contributed by atoms with E-state index in [0.717, 1.165) is 19.3 Å². The van der Waals surface area contributed by atoms with Crippen LogP contribution in [-0.4, -0.2) is 4.57 Å². The van der Waals surface area contributed by atoms with Gasteiger partial charge in [0.1, 0.15) is 0 Å². The van der Waals surface area contributed by atoms with Gasteiger partial charge in [-0.25, -0.2) is 0 Å². The number of allylic oxidation sites excluding steroid dienone is 1. The summed E-state index contributed by atoms with van der Waals surface area (Å²) in [5, 5.41) is 1.35. The molecule has 0 amide bonds. The number of rotatable bonds is 7. The minimum atomic E-state index is 0.940. The van der Waals surface area contributed by atoms with E-state index in [1.54, 1.807) is 0 Å². The highest BCUT2D eigenvalue weighted by Crippen LogP contribution is 2.38. The quantitative estimate of drug-likeness (QED) is 0.152. The first-order valence-electron chi connectivity index (χ1n) is 21.9. The lowest BCUT2D eigenvalue weighted by Crippen LogP contribution is -2.01. The normalized spacial score (nSPS) is 11.6. The first kappa shape index (κ1) is 40.8. The minimum absolute atomic E-state index is 0.940. The molecule has 0 aliphatic heterocycles. The van der Waals surface area contributed by atoms with Crippen LogP contribution in [0.3, 0.4) is 0 Å². The van der Waals surface area contributed by atoms with E-state index < -0.39 is 0 Å². The Morgan fingerprint density at radius 3 is 1.74 bits per heavy atom. The zero-order chi connectivity index (χ0) is 42.1. The van der Waals surface area contributed by atoms with Crippen LogP contribution in [0.5, 0.6) is 0 Å². The Kier molecular flexibility index (Phi) is 12.7. The minimum Gasteiger partial charge on any atom is -0.310 e. The molecule has 300 valence electrons. The maximum absolute atomic E-state index is 2.47. The molecule has 1 aromatic heterocycles. The summed E-state index contributed by atoms with van der Waals surface area (Å²) in [6, 6.07) is 70.4. The summed E-state index contributed by atoms with van der Waals surface area (Å²) in [6.45, 7) is 10.5. The predicted molar refractivity (Wildman–Crippen MR) is 264 cm³/mol. The van der Waals surface area contributed by atoms with Crippen molar-refractivity contribution in [2.24, 2.45) is 0 Å². The molecule has 0 saturated carbocycles. The molecule has 0 radical (unpaired) electrons. The van der Waals surface area contributed by atoms with Crippen LogP contribution < -0.4 is 0 Å². The van der Waals surface area contributed by atoms with Gasteiger partial charge in [-0.05, 0) is 149 Å². The summed E-state index contributed by atoms with van der Waals surface area (Å²) in [5.41, 5.74) is 22.0. The van der Waals surface area contributed by atoms with Gasteiger partial charge in [-0.1, -0.05) is 189 Å². The second-order valence-electron chi connectivity index (χ2n) is 15.9. The molecule has 1 aliphatic carbocycles. The fraction of sp³-hybridized carbons (Fsp3) is 0.133. The topological polar surface area (TPSA) is 4.93 Å². The zero-order valence-electron chi connectivity index (χ0n) is 36.2. The van der Waals surface area contributed by atoms with Crippen LogP contribution >= 0.6 is 0 Å². The van der Waals surface area contributed by atoms with Gasteiger partial charge < -0.3 is 4.57 Å². The molecule has 1 heteroatoms. The second-order valence-corrected chi connectivity index (χ2v) is 15.9. The van der Waals surface area contributed by atoms with Gasteiger partial charge in [0.25, 0.3) is 0 Å². The maximum atomic E-state index is 2.47. The third-order valence-corrected chi connectivity index (χ3v) is 11.7. The Morgan fingerprint density at radius 2 is 1.02 bits per heavy atom. The molecular weight excluding hydrogens is 735 g/mol. The average Bonchev–Trinajstić information content (AvgIpc) is 3.65. The number of hydrogen-bond acceptors (Lipinski definition) is 0. The molecule has 1 nitrogen and oxygen atoms in total. The van der Waals surface area contributed by atoms with Crippen molar-refractivity contribution in [2.45, 2.75) is 53.9 Å². The van der Waals surface area contributed by atoms with E-state index in [2.05, 4.69) is 226 Å². The van der Waals surface area contributed by atoms with Crippen molar-refractivity contribution < 1.29 is 0 Å². The van der Waals surface area contributed by atoms with Crippen LogP contribution in [0.2, 0.25) is 0 Å². The molecule has 0 fully saturated rings. The number of fused-ring (bicyclic) bond motifs is 3.